The van der Waals surface area contributed by atoms with Gasteiger partial charge < -0.3 is 4.55 Å². The van der Waals surface area contributed by atoms with Gasteiger partial charge in [0, 0.05) is 0 Å². The Morgan fingerprint density at radius 3 is 0.764 bits per heavy atom. The van der Waals surface area contributed by atoms with Crippen molar-refractivity contribution in [1.82, 2.24) is 0 Å². The van der Waals surface area contributed by atoms with Crippen molar-refractivity contribution < 1.29 is 42.5 Å². The molecule has 0 amide bonds. The Balaban J connectivity index is 0.0000292. The third kappa shape index (κ3) is 39.4. The largest absolute Gasteiger partial charge is 1.00 e. The SMILES string of the molecule is CCCCCCCCCCCCCCCCCCCCCCCCCCCCCCCCCCCCCCCCCCCCc1ccccc1S(=O)(=O)[O-].[Na+]. The van der Waals surface area contributed by atoms with E-state index in [1.807, 2.05) is 6.07 Å². The summed E-state index contributed by atoms with van der Waals surface area (Å²) >= 11 is 0. The summed E-state index contributed by atoms with van der Waals surface area (Å²) in [6, 6.07) is 6.65. The summed E-state index contributed by atoms with van der Waals surface area (Å²) in [6.45, 7) is 2.31. The fourth-order valence-corrected chi connectivity index (χ4v) is 9.15. The maximum atomic E-state index is 11.4. The van der Waals surface area contributed by atoms with Crippen molar-refractivity contribution in [3.05, 3.63) is 29.8 Å². The summed E-state index contributed by atoms with van der Waals surface area (Å²) < 4.78 is 34.2. The van der Waals surface area contributed by atoms with Gasteiger partial charge in [-0.1, -0.05) is 288 Å². The average molecular weight is 797 g/mol. The Hall–Kier alpha value is 0.130. The van der Waals surface area contributed by atoms with Crippen molar-refractivity contribution in [3.63, 3.8) is 0 Å². The first-order valence-electron chi connectivity index (χ1n) is 24.6. The van der Waals surface area contributed by atoms with E-state index >= 15 is 0 Å². The smallest absolute Gasteiger partial charge is 0.744 e. The number of hydrogen-bond acceptors (Lipinski definition) is 3. The van der Waals surface area contributed by atoms with Crippen molar-refractivity contribution in [1.29, 1.82) is 0 Å². The molecule has 0 unspecified atom stereocenters. The first-order valence-corrected chi connectivity index (χ1v) is 26.0. The molecule has 1 rings (SSSR count). The van der Waals surface area contributed by atoms with Crippen LogP contribution in [-0.4, -0.2) is 13.0 Å². The molecule has 318 valence electrons. The quantitative estimate of drug-likeness (QED) is 0.0375. The van der Waals surface area contributed by atoms with Gasteiger partial charge in [0.25, 0.3) is 0 Å². The summed E-state index contributed by atoms with van der Waals surface area (Å²) in [6.07, 6.45) is 60.3. The van der Waals surface area contributed by atoms with Gasteiger partial charge in [-0.05, 0) is 24.5 Å². The molecular formula is C50H93NaO3S. The maximum absolute atomic E-state index is 11.4. The molecule has 0 atom stereocenters. The Labute approximate surface area is 368 Å². The van der Waals surface area contributed by atoms with Crippen LogP contribution in [0.25, 0.3) is 0 Å². The van der Waals surface area contributed by atoms with Gasteiger partial charge in [-0.3, -0.25) is 0 Å². The minimum absolute atomic E-state index is 0. The predicted octanol–water partition coefficient (Wildman–Crippen LogP) is 14.5. The minimum atomic E-state index is -4.37. The Bertz CT molecular complexity index is 997. The van der Waals surface area contributed by atoms with Crippen LogP contribution >= 0.6 is 0 Å². The normalized spacial score (nSPS) is 11.7. The second kappa shape index (κ2) is 43.7. The van der Waals surface area contributed by atoms with Gasteiger partial charge in [-0.2, -0.15) is 0 Å². The molecule has 0 heterocycles. The molecule has 0 spiro atoms. The molecule has 0 fully saturated rings. The van der Waals surface area contributed by atoms with Crippen LogP contribution in [0.1, 0.15) is 282 Å². The van der Waals surface area contributed by atoms with E-state index in [-0.39, 0.29) is 34.5 Å². The third-order valence-electron chi connectivity index (χ3n) is 12.0. The summed E-state index contributed by atoms with van der Waals surface area (Å²) in [7, 11) is -4.37. The van der Waals surface area contributed by atoms with E-state index in [1.165, 1.54) is 263 Å². The third-order valence-corrected chi connectivity index (χ3v) is 13.0. The molecule has 5 heteroatoms. The fraction of sp³-hybridized carbons (Fsp3) is 0.880. The van der Waals surface area contributed by atoms with E-state index in [9.17, 15) is 13.0 Å². The molecule has 0 saturated heterocycles. The molecule has 0 radical (unpaired) electrons. The molecule has 0 aliphatic heterocycles. The molecule has 0 saturated carbocycles. The fourth-order valence-electron chi connectivity index (χ4n) is 8.41. The monoisotopic (exact) mass is 797 g/mol. The molecular weight excluding hydrogens is 704 g/mol. The van der Waals surface area contributed by atoms with Gasteiger partial charge in [0.05, 0.1) is 4.90 Å². The van der Waals surface area contributed by atoms with Crippen LogP contribution in [0.2, 0.25) is 0 Å². The first kappa shape index (κ1) is 55.1. The Morgan fingerprint density at radius 2 is 0.545 bits per heavy atom. The van der Waals surface area contributed by atoms with Gasteiger partial charge in [-0.25, -0.2) is 8.42 Å². The minimum Gasteiger partial charge on any atom is -0.744 e. The molecule has 1 aromatic rings. The number of benzene rings is 1. The molecule has 3 nitrogen and oxygen atoms in total. The number of hydrogen-bond donors (Lipinski definition) is 0. The molecule has 1 aromatic carbocycles. The molecule has 0 N–H and O–H groups in total. The number of rotatable bonds is 44. The van der Waals surface area contributed by atoms with Gasteiger partial charge >= 0.3 is 29.6 Å². The second-order valence-electron chi connectivity index (χ2n) is 17.3. The van der Waals surface area contributed by atoms with Crippen molar-refractivity contribution in [3.8, 4) is 0 Å². The second-order valence-corrected chi connectivity index (χ2v) is 18.7. The van der Waals surface area contributed by atoms with Crippen LogP contribution in [0.15, 0.2) is 29.2 Å². The van der Waals surface area contributed by atoms with Gasteiger partial charge in [-0.15, -0.1) is 0 Å². The van der Waals surface area contributed by atoms with E-state index in [0.29, 0.717) is 12.0 Å². The summed E-state index contributed by atoms with van der Waals surface area (Å²) in [5.74, 6) is 0. The predicted molar refractivity (Wildman–Crippen MR) is 238 cm³/mol. The Morgan fingerprint density at radius 1 is 0.345 bits per heavy atom. The van der Waals surface area contributed by atoms with Crippen LogP contribution in [-0.2, 0) is 16.5 Å². The van der Waals surface area contributed by atoms with E-state index in [1.54, 1.807) is 12.1 Å². The zero-order valence-corrected chi connectivity index (χ0v) is 40.2. The number of unbranched alkanes of at least 4 members (excludes halogenated alkanes) is 41. The van der Waals surface area contributed by atoms with Crippen molar-refractivity contribution in [2.24, 2.45) is 0 Å². The summed E-state index contributed by atoms with van der Waals surface area (Å²) in [5.41, 5.74) is 0.675. The summed E-state index contributed by atoms with van der Waals surface area (Å²) in [5, 5.41) is 0. The van der Waals surface area contributed by atoms with Crippen LogP contribution in [0.5, 0.6) is 0 Å². The first-order chi connectivity index (χ1) is 26.6. The van der Waals surface area contributed by atoms with Crippen LogP contribution < -0.4 is 29.6 Å². The van der Waals surface area contributed by atoms with E-state index < -0.39 is 10.1 Å². The summed E-state index contributed by atoms with van der Waals surface area (Å²) in [4.78, 5) is -0.0398. The zero-order valence-electron chi connectivity index (χ0n) is 37.3. The standard InChI is InChI=1S/C50H94O3S.Na/c1-2-3-4-5-6-7-8-9-10-11-12-13-14-15-16-17-18-19-20-21-22-23-24-25-26-27-28-29-30-31-32-33-34-35-36-37-38-39-40-41-42-43-46-49-47-44-45-48-50(49)54(51,52)53;/h44-45,47-48H,2-43,46H2,1H3,(H,51,52,53);/q;+1/p-1. The van der Waals surface area contributed by atoms with Gasteiger partial charge in [0.1, 0.15) is 10.1 Å². The van der Waals surface area contributed by atoms with Crippen molar-refractivity contribution in [2.75, 3.05) is 0 Å². The molecule has 0 aliphatic carbocycles. The number of aryl methyl sites for hydroxylation is 1. The molecule has 0 bridgehead atoms. The van der Waals surface area contributed by atoms with E-state index in [2.05, 4.69) is 6.92 Å². The molecule has 0 aromatic heterocycles. The van der Waals surface area contributed by atoms with Gasteiger partial charge in [0.15, 0.2) is 0 Å². The maximum Gasteiger partial charge on any atom is 1.00 e. The van der Waals surface area contributed by atoms with Crippen LogP contribution in [0.3, 0.4) is 0 Å². The van der Waals surface area contributed by atoms with E-state index in [0.717, 1.165) is 12.8 Å². The topological polar surface area (TPSA) is 57.2 Å². The van der Waals surface area contributed by atoms with Crippen LogP contribution in [0.4, 0.5) is 0 Å². The van der Waals surface area contributed by atoms with Crippen LogP contribution in [0, 0.1) is 0 Å². The van der Waals surface area contributed by atoms with Crippen molar-refractivity contribution >= 4 is 10.1 Å². The molecule has 55 heavy (non-hydrogen) atoms. The van der Waals surface area contributed by atoms with E-state index in [4.69, 9.17) is 0 Å². The van der Waals surface area contributed by atoms with Gasteiger partial charge in [0.2, 0.25) is 0 Å². The van der Waals surface area contributed by atoms with Crippen molar-refractivity contribution in [2.45, 2.75) is 288 Å². The Kier molecular flexibility index (Phi) is 43.8. The average Bonchev–Trinajstić information content (AvgIpc) is 3.16. The molecule has 0 aliphatic rings. The zero-order chi connectivity index (χ0) is 38.9.